The molecular weight excluding hydrogens is 290 g/mol. The van der Waals surface area contributed by atoms with E-state index < -0.39 is 0 Å². The number of aryl methyl sites for hydroxylation is 1. The van der Waals surface area contributed by atoms with Crippen molar-refractivity contribution in [3.63, 3.8) is 0 Å². The molecule has 0 aliphatic heterocycles. The summed E-state index contributed by atoms with van der Waals surface area (Å²) in [6.07, 6.45) is 6.43. The molecule has 2 saturated carbocycles. The first kappa shape index (κ1) is 16.0. The molecule has 0 saturated heterocycles. The van der Waals surface area contributed by atoms with Crippen LogP contribution in [0.2, 0.25) is 0 Å². The summed E-state index contributed by atoms with van der Waals surface area (Å²) in [7, 11) is 0. The molecule has 1 N–H and O–H groups in total. The third-order valence-corrected chi connectivity index (χ3v) is 5.30. The molecule has 0 aromatic heterocycles. The van der Waals surface area contributed by atoms with Crippen molar-refractivity contribution < 1.29 is 14.3 Å². The summed E-state index contributed by atoms with van der Waals surface area (Å²) >= 11 is 0. The number of esters is 1. The summed E-state index contributed by atoms with van der Waals surface area (Å²) in [6, 6.07) is 7.71. The molecule has 1 amide bonds. The van der Waals surface area contributed by atoms with Crippen LogP contribution in [0.25, 0.3) is 0 Å². The topological polar surface area (TPSA) is 55.4 Å². The monoisotopic (exact) mass is 315 g/mol. The Morgan fingerprint density at radius 1 is 1.26 bits per heavy atom. The van der Waals surface area contributed by atoms with Crippen LogP contribution in [0.5, 0.6) is 0 Å². The average Bonchev–Trinajstić information content (AvgIpc) is 3.16. The Labute approximate surface area is 137 Å². The predicted molar refractivity (Wildman–Crippen MR) is 89.0 cm³/mol. The Bertz CT molecular complexity index is 584. The molecule has 3 rings (SSSR count). The molecule has 0 unspecified atom stereocenters. The fourth-order valence-corrected chi connectivity index (χ4v) is 4.11. The van der Waals surface area contributed by atoms with Crippen molar-refractivity contribution in [3.05, 3.63) is 29.8 Å². The van der Waals surface area contributed by atoms with Gasteiger partial charge in [0.15, 0.2) is 6.61 Å². The number of carbonyl (C=O) groups excluding carboxylic acids is 2. The fourth-order valence-electron chi connectivity index (χ4n) is 4.11. The second-order valence-corrected chi connectivity index (χ2v) is 6.90. The van der Waals surface area contributed by atoms with E-state index in [0.717, 1.165) is 30.0 Å². The normalized spacial score (nSPS) is 25.3. The van der Waals surface area contributed by atoms with Gasteiger partial charge >= 0.3 is 5.97 Å². The third kappa shape index (κ3) is 4.12. The number of hydrogen-bond acceptors (Lipinski definition) is 3. The van der Waals surface area contributed by atoms with Crippen molar-refractivity contribution in [2.75, 3.05) is 11.9 Å². The summed E-state index contributed by atoms with van der Waals surface area (Å²) < 4.78 is 5.15. The number of benzene rings is 1. The lowest BCUT2D eigenvalue weighted by Crippen LogP contribution is -2.23. The van der Waals surface area contributed by atoms with Crippen molar-refractivity contribution in [3.8, 4) is 0 Å². The van der Waals surface area contributed by atoms with E-state index in [2.05, 4.69) is 12.2 Å². The summed E-state index contributed by atoms with van der Waals surface area (Å²) in [5.74, 6) is 1.50. The van der Waals surface area contributed by atoms with E-state index in [9.17, 15) is 9.59 Å². The van der Waals surface area contributed by atoms with Gasteiger partial charge in [-0.05, 0) is 61.1 Å². The lowest BCUT2D eigenvalue weighted by molar-refractivity contribution is -0.148. The van der Waals surface area contributed by atoms with E-state index >= 15 is 0 Å². The van der Waals surface area contributed by atoms with E-state index in [1.165, 1.54) is 19.3 Å². The van der Waals surface area contributed by atoms with Crippen molar-refractivity contribution >= 4 is 17.6 Å². The third-order valence-electron chi connectivity index (χ3n) is 5.30. The zero-order chi connectivity index (χ0) is 16.2. The molecule has 23 heavy (non-hydrogen) atoms. The maximum Gasteiger partial charge on any atom is 0.306 e. The molecule has 1 aromatic carbocycles. The number of ether oxygens (including phenoxy) is 1. The van der Waals surface area contributed by atoms with Gasteiger partial charge in [-0.15, -0.1) is 0 Å². The van der Waals surface area contributed by atoms with Gasteiger partial charge in [-0.1, -0.05) is 25.5 Å². The summed E-state index contributed by atoms with van der Waals surface area (Å²) in [5, 5.41) is 2.78. The molecule has 0 spiro atoms. The van der Waals surface area contributed by atoms with Gasteiger partial charge in [0.2, 0.25) is 0 Å². The molecule has 2 aliphatic carbocycles. The molecule has 1 aromatic rings. The van der Waals surface area contributed by atoms with Crippen LogP contribution < -0.4 is 5.32 Å². The van der Waals surface area contributed by atoms with Crippen LogP contribution in [0.1, 0.15) is 44.6 Å². The number of anilines is 1. The molecule has 0 radical (unpaired) electrons. The molecular formula is C19H25NO3. The molecule has 4 nitrogen and oxygen atoms in total. The van der Waals surface area contributed by atoms with E-state index in [0.29, 0.717) is 18.3 Å². The highest BCUT2D eigenvalue weighted by atomic mass is 16.5. The molecule has 0 heterocycles. The quantitative estimate of drug-likeness (QED) is 0.817. The summed E-state index contributed by atoms with van der Waals surface area (Å²) in [4.78, 5) is 23.8. The van der Waals surface area contributed by atoms with Gasteiger partial charge in [0.05, 0.1) is 0 Å². The lowest BCUT2D eigenvalue weighted by Gasteiger charge is -2.20. The van der Waals surface area contributed by atoms with Crippen LogP contribution in [0, 0.1) is 17.8 Å². The molecule has 4 heteroatoms. The minimum absolute atomic E-state index is 0.198. The highest BCUT2D eigenvalue weighted by molar-refractivity contribution is 5.92. The molecule has 124 valence electrons. The first-order chi connectivity index (χ1) is 11.1. The fraction of sp³-hybridized carbons (Fsp3) is 0.579. The second-order valence-electron chi connectivity index (χ2n) is 6.90. The highest BCUT2D eigenvalue weighted by Crippen LogP contribution is 2.49. The van der Waals surface area contributed by atoms with Gasteiger partial charge in [-0.2, -0.15) is 0 Å². The van der Waals surface area contributed by atoms with E-state index in [4.69, 9.17) is 4.74 Å². The zero-order valence-corrected chi connectivity index (χ0v) is 13.7. The van der Waals surface area contributed by atoms with Crippen LogP contribution in [-0.4, -0.2) is 18.5 Å². The van der Waals surface area contributed by atoms with Gasteiger partial charge < -0.3 is 10.1 Å². The van der Waals surface area contributed by atoms with Crippen molar-refractivity contribution in [1.82, 2.24) is 0 Å². The van der Waals surface area contributed by atoms with Crippen LogP contribution in [0.4, 0.5) is 5.69 Å². The van der Waals surface area contributed by atoms with Crippen LogP contribution in [0.15, 0.2) is 24.3 Å². The minimum atomic E-state index is -0.278. The molecule has 2 fully saturated rings. The standard InChI is InChI=1S/C19H25NO3/c1-2-13-4-3-5-17(10-13)20-18(21)12-23-19(22)11-16-9-14-6-7-15(16)8-14/h3-5,10,14-16H,2,6-9,11-12H2,1H3,(H,20,21)/t14-,15+,16-/m0/s1. The number of nitrogens with one attached hydrogen (secondary N) is 1. The second kappa shape index (κ2) is 7.16. The minimum Gasteiger partial charge on any atom is -0.456 e. The number of hydrogen-bond donors (Lipinski definition) is 1. The first-order valence-corrected chi connectivity index (χ1v) is 8.68. The summed E-state index contributed by atoms with van der Waals surface area (Å²) in [6.45, 7) is 1.87. The Kier molecular flexibility index (Phi) is 4.99. The van der Waals surface area contributed by atoms with Gasteiger partial charge in [0.25, 0.3) is 5.91 Å². The largest absolute Gasteiger partial charge is 0.456 e. The first-order valence-electron chi connectivity index (χ1n) is 8.68. The average molecular weight is 315 g/mol. The number of fused-ring (bicyclic) bond motifs is 2. The maximum absolute atomic E-state index is 11.9. The SMILES string of the molecule is CCc1cccc(NC(=O)COC(=O)C[C@@H]2C[C@H]3CC[C@@H]2C3)c1. The van der Waals surface area contributed by atoms with Crippen molar-refractivity contribution in [1.29, 1.82) is 0 Å². The van der Waals surface area contributed by atoms with E-state index in [1.54, 1.807) is 0 Å². The number of rotatable bonds is 6. The molecule has 3 atom stereocenters. The van der Waals surface area contributed by atoms with E-state index in [1.807, 2.05) is 24.3 Å². The van der Waals surface area contributed by atoms with Gasteiger partial charge in [0.1, 0.15) is 0 Å². The Hall–Kier alpha value is -1.84. The molecule has 2 bridgehead atoms. The number of carbonyl (C=O) groups is 2. The van der Waals surface area contributed by atoms with Crippen LogP contribution >= 0.6 is 0 Å². The van der Waals surface area contributed by atoms with E-state index in [-0.39, 0.29) is 18.5 Å². The Morgan fingerprint density at radius 2 is 2.13 bits per heavy atom. The smallest absolute Gasteiger partial charge is 0.306 e. The summed E-state index contributed by atoms with van der Waals surface area (Å²) in [5.41, 5.74) is 1.91. The molecule has 2 aliphatic rings. The highest BCUT2D eigenvalue weighted by Gasteiger charge is 2.40. The Balaban J connectivity index is 1.40. The maximum atomic E-state index is 11.9. The van der Waals surface area contributed by atoms with Gasteiger partial charge in [-0.3, -0.25) is 9.59 Å². The van der Waals surface area contributed by atoms with Crippen molar-refractivity contribution in [2.45, 2.75) is 45.4 Å². The van der Waals surface area contributed by atoms with Crippen LogP contribution in [0.3, 0.4) is 0 Å². The predicted octanol–water partition coefficient (Wildman–Crippen LogP) is 3.56. The Morgan fingerprint density at radius 3 is 2.83 bits per heavy atom. The lowest BCUT2D eigenvalue weighted by atomic mass is 9.86. The van der Waals surface area contributed by atoms with Gasteiger partial charge in [0, 0.05) is 12.1 Å². The van der Waals surface area contributed by atoms with Crippen molar-refractivity contribution in [2.24, 2.45) is 17.8 Å². The number of amides is 1. The van der Waals surface area contributed by atoms with Gasteiger partial charge in [-0.25, -0.2) is 0 Å². The van der Waals surface area contributed by atoms with Crippen LogP contribution in [-0.2, 0) is 20.7 Å². The zero-order valence-electron chi connectivity index (χ0n) is 13.7.